The molecule has 0 unspecified atom stereocenters. The minimum Gasteiger partial charge on any atom is -0.444 e. The molecule has 1 fully saturated rings. The Morgan fingerprint density at radius 2 is 1.93 bits per heavy atom. The molecule has 0 spiro atoms. The van der Waals surface area contributed by atoms with Crippen molar-refractivity contribution in [2.24, 2.45) is 0 Å². The molecule has 0 atom stereocenters. The first-order valence-electron chi connectivity index (χ1n) is 14.7. The van der Waals surface area contributed by atoms with Gasteiger partial charge in [-0.15, -0.1) is 5.10 Å². The third kappa shape index (κ3) is 7.15. The van der Waals surface area contributed by atoms with E-state index in [1.54, 1.807) is 21.5 Å². The van der Waals surface area contributed by atoms with Gasteiger partial charge in [0.15, 0.2) is 0 Å². The Balaban J connectivity index is 1.31. The summed E-state index contributed by atoms with van der Waals surface area (Å²) in [6.45, 7) is 10.6. The standard InChI is InChI=1S/C31H39ClN8O3/c1-20-25(21(2)35-34-20)13-16-39-18-27(36-38-39)26-9-10-28(41)40(37-26)24-11-14-31(15-12-24,22-7-6-8-23(32)17-22)19-33-29(42)43-30(3,4)5/h6-10,17-18,24H,11-16,19H2,1-5H3,(H,33,42)(H,34,35)/t24-,31+. The van der Waals surface area contributed by atoms with E-state index in [2.05, 4.69) is 25.8 Å². The molecular formula is C31H39ClN8O3. The van der Waals surface area contributed by atoms with Gasteiger partial charge >= 0.3 is 6.09 Å². The van der Waals surface area contributed by atoms with E-state index in [1.807, 2.05) is 65.1 Å². The van der Waals surface area contributed by atoms with Crippen LogP contribution >= 0.6 is 11.6 Å². The summed E-state index contributed by atoms with van der Waals surface area (Å²) in [5.74, 6) is 0. The summed E-state index contributed by atoms with van der Waals surface area (Å²) in [6.07, 6.45) is 5.05. The molecular weight excluding hydrogens is 568 g/mol. The first-order chi connectivity index (χ1) is 20.4. The summed E-state index contributed by atoms with van der Waals surface area (Å²) >= 11 is 6.37. The maximum Gasteiger partial charge on any atom is 0.407 e. The van der Waals surface area contributed by atoms with Crippen LogP contribution in [0.3, 0.4) is 0 Å². The zero-order valence-electron chi connectivity index (χ0n) is 25.4. The summed E-state index contributed by atoms with van der Waals surface area (Å²) in [5.41, 5.74) is 4.38. The lowest BCUT2D eigenvalue weighted by Crippen LogP contribution is -2.45. The molecule has 3 heterocycles. The van der Waals surface area contributed by atoms with Gasteiger partial charge in [-0.3, -0.25) is 14.6 Å². The predicted octanol–water partition coefficient (Wildman–Crippen LogP) is 5.32. The van der Waals surface area contributed by atoms with Crippen molar-refractivity contribution in [3.8, 4) is 11.4 Å². The van der Waals surface area contributed by atoms with Gasteiger partial charge in [-0.05, 0) is 96.0 Å². The largest absolute Gasteiger partial charge is 0.444 e. The molecule has 11 nitrogen and oxygen atoms in total. The molecule has 0 radical (unpaired) electrons. The fraction of sp³-hybridized carbons (Fsp3) is 0.484. The van der Waals surface area contributed by atoms with Crippen LogP contribution in [0.15, 0.2) is 47.4 Å². The van der Waals surface area contributed by atoms with Crippen LogP contribution in [0.2, 0.25) is 5.02 Å². The molecule has 1 aliphatic rings. The van der Waals surface area contributed by atoms with Crippen molar-refractivity contribution in [2.75, 3.05) is 6.54 Å². The number of hydrogen-bond acceptors (Lipinski definition) is 7. The highest BCUT2D eigenvalue weighted by molar-refractivity contribution is 6.30. The number of aromatic amines is 1. The number of rotatable bonds is 8. The maximum absolute atomic E-state index is 13.0. The number of benzene rings is 1. The quantitative estimate of drug-likeness (QED) is 0.277. The van der Waals surface area contributed by atoms with Crippen LogP contribution in [0.25, 0.3) is 11.4 Å². The summed E-state index contributed by atoms with van der Waals surface area (Å²) < 4.78 is 8.86. The molecule has 3 aromatic heterocycles. The summed E-state index contributed by atoms with van der Waals surface area (Å²) in [5, 5.41) is 24.2. The lowest BCUT2D eigenvalue weighted by Gasteiger charge is -2.41. The molecule has 0 saturated heterocycles. The van der Waals surface area contributed by atoms with E-state index < -0.39 is 11.7 Å². The molecule has 43 heavy (non-hydrogen) atoms. The zero-order chi connectivity index (χ0) is 30.8. The van der Waals surface area contributed by atoms with Gasteiger partial charge in [0.25, 0.3) is 5.56 Å². The van der Waals surface area contributed by atoms with Gasteiger partial charge in [-0.2, -0.15) is 10.2 Å². The summed E-state index contributed by atoms with van der Waals surface area (Å²) in [6, 6.07) is 10.9. The maximum atomic E-state index is 13.0. The van der Waals surface area contributed by atoms with Gasteiger partial charge in [0.05, 0.1) is 17.9 Å². The average Bonchev–Trinajstić information content (AvgIpc) is 3.56. The van der Waals surface area contributed by atoms with Crippen LogP contribution < -0.4 is 10.9 Å². The highest BCUT2D eigenvalue weighted by Crippen LogP contribution is 2.43. The van der Waals surface area contributed by atoms with E-state index in [0.717, 1.165) is 36.2 Å². The number of carbonyl (C=O) groups is 1. The zero-order valence-corrected chi connectivity index (χ0v) is 26.1. The Labute approximate surface area is 256 Å². The second-order valence-electron chi connectivity index (χ2n) is 12.4. The first kappa shape index (κ1) is 30.5. The van der Waals surface area contributed by atoms with Crippen molar-refractivity contribution in [1.29, 1.82) is 0 Å². The Morgan fingerprint density at radius 3 is 2.60 bits per heavy atom. The molecule has 1 amide bonds. The number of halogens is 1. The Morgan fingerprint density at radius 1 is 1.16 bits per heavy atom. The monoisotopic (exact) mass is 606 g/mol. The number of alkyl carbamates (subject to hydrolysis) is 1. The smallest absolute Gasteiger partial charge is 0.407 e. The van der Waals surface area contributed by atoms with Crippen molar-refractivity contribution in [1.82, 2.24) is 40.3 Å². The Kier molecular flexibility index (Phi) is 8.73. The Bertz CT molecular complexity index is 1620. The van der Waals surface area contributed by atoms with Crippen LogP contribution in [0.4, 0.5) is 4.79 Å². The lowest BCUT2D eigenvalue weighted by atomic mass is 9.68. The van der Waals surface area contributed by atoms with Crippen LogP contribution in [0.5, 0.6) is 0 Å². The molecule has 1 aliphatic carbocycles. The normalized spacial score (nSPS) is 18.9. The molecule has 1 saturated carbocycles. The number of nitrogens with one attached hydrogen (secondary N) is 2. The number of ether oxygens (including phenoxy) is 1. The van der Waals surface area contributed by atoms with Crippen LogP contribution in [-0.4, -0.2) is 53.2 Å². The topological polar surface area (TPSA) is 133 Å². The van der Waals surface area contributed by atoms with Crippen LogP contribution in [0, 0.1) is 13.8 Å². The molecule has 12 heteroatoms. The predicted molar refractivity (Wildman–Crippen MR) is 164 cm³/mol. The fourth-order valence-corrected chi connectivity index (χ4v) is 6.05. The number of aromatic nitrogens is 7. The van der Waals surface area contributed by atoms with Crippen molar-refractivity contribution in [2.45, 2.75) is 90.3 Å². The van der Waals surface area contributed by atoms with Gasteiger partial charge < -0.3 is 10.1 Å². The van der Waals surface area contributed by atoms with Crippen molar-refractivity contribution in [3.05, 3.63) is 80.5 Å². The summed E-state index contributed by atoms with van der Waals surface area (Å²) in [7, 11) is 0. The SMILES string of the molecule is Cc1n[nH]c(C)c1CCn1cc(-c2ccc(=O)n([C@H]3CC[C@@](CNC(=O)OC(C)(C)C)(c4cccc(Cl)c4)CC3)n2)nn1. The molecule has 228 valence electrons. The van der Waals surface area contributed by atoms with Crippen molar-refractivity contribution >= 4 is 17.7 Å². The van der Waals surface area contributed by atoms with Crippen LogP contribution in [-0.2, 0) is 23.1 Å². The van der Waals surface area contributed by atoms with E-state index in [4.69, 9.17) is 21.4 Å². The van der Waals surface area contributed by atoms with Gasteiger partial charge in [-0.25, -0.2) is 9.48 Å². The molecule has 1 aromatic carbocycles. The highest BCUT2D eigenvalue weighted by atomic mass is 35.5. The second-order valence-corrected chi connectivity index (χ2v) is 12.8. The highest BCUT2D eigenvalue weighted by Gasteiger charge is 2.39. The van der Waals surface area contributed by atoms with E-state index in [1.165, 1.54) is 5.56 Å². The number of H-pyrrole nitrogens is 1. The molecule has 5 rings (SSSR count). The first-order valence-corrected chi connectivity index (χ1v) is 15.0. The van der Waals surface area contributed by atoms with Gasteiger partial charge in [-0.1, -0.05) is 28.9 Å². The number of amides is 1. The number of nitrogens with zero attached hydrogens (tertiary/aromatic N) is 6. The van der Waals surface area contributed by atoms with E-state index in [9.17, 15) is 9.59 Å². The van der Waals surface area contributed by atoms with Crippen molar-refractivity contribution in [3.63, 3.8) is 0 Å². The molecule has 0 bridgehead atoms. The van der Waals surface area contributed by atoms with Gasteiger partial charge in [0.2, 0.25) is 0 Å². The molecule has 2 N–H and O–H groups in total. The minimum absolute atomic E-state index is 0.0941. The summed E-state index contributed by atoms with van der Waals surface area (Å²) in [4.78, 5) is 25.5. The van der Waals surface area contributed by atoms with E-state index >= 15 is 0 Å². The number of carbonyl (C=O) groups excluding carboxylic acids is 1. The van der Waals surface area contributed by atoms with E-state index in [0.29, 0.717) is 42.3 Å². The second kappa shape index (κ2) is 12.3. The minimum atomic E-state index is -0.591. The Hall–Kier alpha value is -3.99. The third-order valence-corrected chi connectivity index (χ3v) is 8.40. The van der Waals surface area contributed by atoms with Gasteiger partial charge in [0, 0.05) is 35.3 Å². The lowest BCUT2D eigenvalue weighted by molar-refractivity contribution is 0.0504. The molecule has 0 aliphatic heterocycles. The number of hydrogen-bond donors (Lipinski definition) is 2. The number of aryl methyl sites for hydroxylation is 3. The van der Waals surface area contributed by atoms with Crippen LogP contribution in [0.1, 0.15) is 75.0 Å². The van der Waals surface area contributed by atoms with Crippen molar-refractivity contribution < 1.29 is 9.53 Å². The fourth-order valence-electron chi connectivity index (χ4n) is 5.86. The van der Waals surface area contributed by atoms with Gasteiger partial charge in [0.1, 0.15) is 17.0 Å². The average molecular weight is 607 g/mol. The van der Waals surface area contributed by atoms with E-state index in [-0.39, 0.29) is 17.0 Å². The third-order valence-electron chi connectivity index (χ3n) is 8.16. The molecule has 4 aromatic rings.